The van der Waals surface area contributed by atoms with Crippen molar-refractivity contribution >= 4 is 16.9 Å². The van der Waals surface area contributed by atoms with Gasteiger partial charge < -0.3 is 5.32 Å². The Hall–Kier alpha value is -0.180. The van der Waals surface area contributed by atoms with Crippen LogP contribution in [0.4, 0.5) is 0 Å². The van der Waals surface area contributed by atoms with E-state index in [9.17, 15) is 0 Å². The highest BCUT2D eigenvalue weighted by Crippen LogP contribution is 2.18. The Labute approximate surface area is 66.5 Å². The Morgan fingerprint density at radius 3 is 2.70 bits per heavy atom. The molecule has 0 atom stereocenters. The van der Waals surface area contributed by atoms with E-state index in [0.29, 0.717) is 5.41 Å². The van der Waals surface area contributed by atoms with Crippen LogP contribution in [0.25, 0.3) is 0 Å². The molecule has 0 radical (unpaired) electrons. The molecule has 1 heterocycles. The van der Waals surface area contributed by atoms with Gasteiger partial charge in [-0.15, -0.1) is 0 Å². The summed E-state index contributed by atoms with van der Waals surface area (Å²) in [5.41, 5.74) is 0.346. The van der Waals surface area contributed by atoms with E-state index in [4.69, 9.17) is 0 Å². The molecule has 0 amide bonds. The largest absolute Gasteiger partial charge is 0.364 e. The van der Waals surface area contributed by atoms with Gasteiger partial charge in [0.1, 0.15) is 0 Å². The zero-order valence-corrected chi connectivity index (χ0v) is 7.59. The van der Waals surface area contributed by atoms with Crippen molar-refractivity contribution in [3.63, 3.8) is 0 Å². The lowest BCUT2D eigenvalue weighted by Crippen LogP contribution is -2.39. The average molecular weight is 158 g/mol. The molecule has 0 aromatic heterocycles. The van der Waals surface area contributed by atoms with Gasteiger partial charge in [0.2, 0.25) is 0 Å². The van der Waals surface area contributed by atoms with Crippen LogP contribution in [-0.2, 0) is 0 Å². The van der Waals surface area contributed by atoms with Gasteiger partial charge in [0, 0.05) is 18.5 Å². The van der Waals surface area contributed by atoms with Gasteiger partial charge in [-0.05, 0) is 6.26 Å². The van der Waals surface area contributed by atoms with Crippen LogP contribution in [0.15, 0.2) is 4.99 Å². The molecule has 0 bridgehead atoms. The zero-order valence-electron chi connectivity index (χ0n) is 6.77. The monoisotopic (exact) mass is 158 g/mol. The summed E-state index contributed by atoms with van der Waals surface area (Å²) in [6.45, 7) is 6.45. The highest BCUT2D eigenvalue weighted by Gasteiger charge is 2.21. The first-order valence-electron chi connectivity index (χ1n) is 3.46. The smallest absolute Gasteiger partial charge is 0.156 e. The van der Waals surface area contributed by atoms with Crippen LogP contribution in [0.2, 0.25) is 0 Å². The predicted molar refractivity (Wildman–Crippen MR) is 47.6 cm³/mol. The molecule has 0 aromatic carbocycles. The van der Waals surface area contributed by atoms with Crippen molar-refractivity contribution in [2.45, 2.75) is 13.8 Å². The predicted octanol–water partition coefficient (Wildman–Crippen LogP) is 1.33. The fourth-order valence-corrected chi connectivity index (χ4v) is 1.26. The molecule has 0 unspecified atom stereocenters. The van der Waals surface area contributed by atoms with Crippen LogP contribution in [0.3, 0.4) is 0 Å². The maximum atomic E-state index is 4.37. The third kappa shape index (κ3) is 1.90. The molecule has 0 aromatic rings. The summed E-state index contributed by atoms with van der Waals surface area (Å²) in [6.07, 6.45) is 2.05. The lowest BCUT2D eigenvalue weighted by molar-refractivity contribution is 0.364. The number of aliphatic imine (C=N–C) groups is 1. The molecule has 0 aliphatic carbocycles. The lowest BCUT2D eigenvalue weighted by Gasteiger charge is -2.28. The standard InChI is InChI=1S/C7H14N2S/c1-7(2)4-8-6(10-3)9-5-7/h4-5H2,1-3H3,(H,8,9). The van der Waals surface area contributed by atoms with Crippen molar-refractivity contribution in [3.8, 4) is 0 Å². The van der Waals surface area contributed by atoms with E-state index >= 15 is 0 Å². The summed E-state index contributed by atoms with van der Waals surface area (Å²) in [4.78, 5) is 4.37. The average Bonchev–Trinajstić information content (AvgIpc) is 1.88. The highest BCUT2D eigenvalue weighted by atomic mass is 32.2. The van der Waals surface area contributed by atoms with E-state index in [2.05, 4.69) is 24.2 Å². The van der Waals surface area contributed by atoms with E-state index in [0.717, 1.165) is 18.3 Å². The number of nitrogens with zero attached hydrogens (tertiary/aromatic N) is 1. The lowest BCUT2D eigenvalue weighted by atomic mass is 9.93. The maximum absolute atomic E-state index is 4.37. The number of hydrogen-bond acceptors (Lipinski definition) is 3. The topological polar surface area (TPSA) is 24.4 Å². The summed E-state index contributed by atoms with van der Waals surface area (Å²) < 4.78 is 0. The van der Waals surface area contributed by atoms with Crippen LogP contribution in [0, 0.1) is 5.41 Å². The molecular weight excluding hydrogens is 144 g/mol. The van der Waals surface area contributed by atoms with Crippen LogP contribution in [0.5, 0.6) is 0 Å². The molecule has 10 heavy (non-hydrogen) atoms. The number of nitrogens with one attached hydrogen (secondary N) is 1. The van der Waals surface area contributed by atoms with E-state index in [1.807, 2.05) is 6.26 Å². The summed E-state index contributed by atoms with van der Waals surface area (Å²) in [7, 11) is 0. The minimum absolute atomic E-state index is 0.346. The molecule has 1 aliphatic rings. The quantitative estimate of drug-likeness (QED) is 0.575. The minimum Gasteiger partial charge on any atom is -0.364 e. The first-order chi connectivity index (χ1) is 4.64. The molecule has 1 rings (SSSR count). The third-order valence-corrected chi connectivity index (χ3v) is 2.22. The van der Waals surface area contributed by atoms with Gasteiger partial charge in [-0.25, -0.2) is 0 Å². The van der Waals surface area contributed by atoms with E-state index in [1.54, 1.807) is 11.8 Å². The molecule has 2 nitrogen and oxygen atoms in total. The Bertz CT molecular complexity index is 152. The second kappa shape index (κ2) is 2.82. The number of rotatable bonds is 0. The Kier molecular flexibility index (Phi) is 2.24. The summed E-state index contributed by atoms with van der Waals surface area (Å²) >= 11 is 1.69. The molecule has 1 aliphatic heterocycles. The van der Waals surface area contributed by atoms with Gasteiger partial charge in [-0.3, -0.25) is 4.99 Å². The molecule has 58 valence electrons. The molecule has 1 N–H and O–H groups in total. The van der Waals surface area contributed by atoms with E-state index < -0.39 is 0 Å². The normalized spacial score (nSPS) is 23.3. The number of thioether (sulfide) groups is 1. The zero-order chi connectivity index (χ0) is 7.61. The number of amidine groups is 1. The van der Waals surface area contributed by atoms with Gasteiger partial charge in [0.05, 0.1) is 0 Å². The van der Waals surface area contributed by atoms with Crippen molar-refractivity contribution in [1.29, 1.82) is 0 Å². The fourth-order valence-electron chi connectivity index (χ4n) is 0.849. The van der Waals surface area contributed by atoms with Crippen LogP contribution in [-0.4, -0.2) is 24.5 Å². The van der Waals surface area contributed by atoms with Crippen LogP contribution >= 0.6 is 11.8 Å². The fraction of sp³-hybridized carbons (Fsp3) is 0.857. The van der Waals surface area contributed by atoms with Crippen molar-refractivity contribution < 1.29 is 0 Å². The van der Waals surface area contributed by atoms with Gasteiger partial charge in [0.25, 0.3) is 0 Å². The van der Waals surface area contributed by atoms with Crippen molar-refractivity contribution in [2.75, 3.05) is 19.3 Å². The first-order valence-corrected chi connectivity index (χ1v) is 4.69. The SMILES string of the molecule is CSC1=NCC(C)(C)CN1. The van der Waals surface area contributed by atoms with Gasteiger partial charge in [-0.1, -0.05) is 25.6 Å². The van der Waals surface area contributed by atoms with Gasteiger partial charge in [-0.2, -0.15) is 0 Å². The number of hydrogen-bond donors (Lipinski definition) is 1. The maximum Gasteiger partial charge on any atom is 0.156 e. The van der Waals surface area contributed by atoms with Crippen LogP contribution in [0.1, 0.15) is 13.8 Å². The van der Waals surface area contributed by atoms with Crippen molar-refractivity contribution in [3.05, 3.63) is 0 Å². The summed E-state index contributed by atoms with van der Waals surface area (Å²) in [5, 5.41) is 4.35. The molecule has 0 fully saturated rings. The molecule has 0 saturated carbocycles. The Morgan fingerprint density at radius 2 is 2.30 bits per heavy atom. The van der Waals surface area contributed by atoms with Crippen LogP contribution < -0.4 is 5.32 Å². The van der Waals surface area contributed by atoms with Gasteiger partial charge >= 0.3 is 0 Å². The summed E-state index contributed by atoms with van der Waals surface area (Å²) in [6, 6.07) is 0. The summed E-state index contributed by atoms with van der Waals surface area (Å²) in [5.74, 6) is 0. The van der Waals surface area contributed by atoms with E-state index in [1.165, 1.54) is 0 Å². The van der Waals surface area contributed by atoms with Gasteiger partial charge in [0.15, 0.2) is 5.17 Å². The molecule has 3 heteroatoms. The first kappa shape index (κ1) is 7.92. The third-order valence-electron chi connectivity index (χ3n) is 1.56. The van der Waals surface area contributed by atoms with Crippen molar-refractivity contribution in [2.24, 2.45) is 10.4 Å². The van der Waals surface area contributed by atoms with Crippen molar-refractivity contribution in [1.82, 2.24) is 5.32 Å². The molecule has 0 saturated heterocycles. The highest BCUT2D eigenvalue weighted by molar-refractivity contribution is 8.13. The Morgan fingerprint density at radius 1 is 1.60 bits per heavy atom. The Balaban J connectivity index is 2.52. The van der Waals surface area contributed by atoms with E-state index in [-0.39, 0.29) is 0 Å². The second-order valence-electron chi connectivity index (χ2n) is 3.34. The second-order valence-corrected chi connectivity index (χ2v) is 4.14. The molecule has 0 spiro atoms. The minimum atomic E-state index is 0.346. The molecular formula is C7H14N2S.